The summed E-state index contributed by atoms with van der Waals surface area (Å²) < 4.78 is 20.6. The smallest absolute Gasteiger partial charge is 0.342 e. The van der Waals surface area contributed by atoms with Crippen LogP contribution in [0.4, 0.5) is 5.69 Å². The molecule has 0 spiro atoms. The van der Waals surface area contributed by atoms with Crippen molar-refractivity contribution in [2.24, 2.45) is 0 Å². The van der Waals surface area contributed by atoms with Gasteiger partial charge in [-0.05, 0) is 6.92 Å². The number of carboxylic acids is 1. The molecule has 0 heterocycles. The van der Waals surface area contributed by atoms with Crippen molar-refractivity contribution in [2.45, 2.75) is 6.92 Å². The minimum atomic E-state index is -1.42. The maximum Gasteiger partial charge on any atom is 0.342 e. The number of methoxy groups -OCH3 is 2. The van der Waals surface area contributed by atoms with E-state index in [0.717, 1.165) is 6.07 Å². The number of carboxylic acid groups (broad SMARTS) is 1. The highest BCUT2D eigenvalue weighted by molar-refractivity contribution is 5.94. The molecule has 0 saturated carbocycles. The van der Waals surface area contributed by atoms with Crippen LogP contribution in [0.5, 0.6) is 11.5 Å². The predicted molar refractivity (Wildman–Crippen MR) is 79.5 cm³/mol. The standard InChI is InChI=1S/C14H19NO8/c1-9-12(15(18)19)10(14(16)17)8-11(22-6-4-20-2)13(9)23-7-5-21-3/h8H,4-7H2,1-3H3,(H,16,17). The second-order valence-electron chi connectivity index (χ2n) is 4.47. The van der Waals surface area contributed by atoms with E-state index in [-0.39, 0.29) is 43.5 Å². The van der Waals surface area contributed by atoms with Gasteiger partial charge in [0.05, 0.1) is 23.7 Å². The summed E-state index contributed by atoms with van der Waals surface area (Å²) in [5, 5.41) is 20.4. The summed E-state index contributed by atoms with van der Waals surface area (Å²) in [6.45, 7) is 2.24. The van der Waals surface area contributed by atoms with Crippen LogP contribution in [0, 0.1) is 17.0 Å². The van der Waals surface area contributed by atoms with Crippen LogP contribution in [0.3, 0.4) is 0 Å². The fourth-order valence-electron chi connectivity index (χ4n) is 1.91. The molecule has 128 valence electrons. The number of rotatable bonds is 10. The fraction of sp³-hybridized carbons (Fsp3) is 0.500. The van der Waals surface area contributed by atoms with Gasteiger partial charge in [-0.1, -0.05) is 0 Å². The molecule has 1 rings (SSSR count). The Kier molecular flexibility index (Phi) is 7.23. The van der Waals surface area contributed by atoms with Crippen LogP contribution in [0.15, 0.2) is 6.07 Å². The Morgan fingerprint density at radius 1 is 1.17 bits per heavy atom. The van der Waals surface area contributed by atoms with Gasteiger partial charge in [-0.3, -0.25) is 10.1 Å². The van der Waals surface area contributed by atoms with Crippen molar-refractivity contribution < 1.29 is 33.8 Å². The third-order valence-electron chi connectivity index (χ3n) is 2.94. The summed E-state index contributed by atoms with van der Waals surface area (Å²) in [6, 6.07) is 1.09. The van der Waals surface area contributed by atoms with Crippen molar-refractivity contribution in [3.63, 3.8) is 0 Å². The number of aromatic carboxylic acids is 1. The molecule has 0 aromatic heterocycles. The summed E-state index contributed by atoms with van der Waals surface area (Å²) in [5.41, 5.74) is -0.901. The first-order valence-electron chi connectivity index (χ1n) is 6.72. The van der Waals surface area contributed by atoms with E-state index < -0.39 is 22.1 Å². The number of benzene rings is 1. The van der Waals surface area contributed by atoms with Gasteiger partial charge in [0, 0.05) is 20.3 Å². The van der Waals surface area contributed by atoms with E-state index in [0.29, 0.717) is 0 Å². The lowest BCUT2D eigenvalue weighted by Crippen LogP contribution is -2.12. The molecule has 1 aromatic rings. The molecule has 9 nitrogen and oxygen atoms in total. The first kappa shape index (κ1) is 18.7. The molecule has 0 unspecified atom stereocenters. The van der Waals surface area contributed by atoms with E-state index in [1.54, 1.807) is 0 Å². The van der Waals surface area contributed by atoms with Gasteiger partial charge in [0.2, 0.25) is 0 Å². The third kappa shape index (κ3) is 4.80. The summed E-state index contributed by atoms with van der Waals surface area (Å²) >= 11 is 0. The molecule has 0 amide bonds. The van der Waals surface area contributed by atoms with Gasteiger partial charge in [0.1, 0.15) is 18.8 Å². The Labute approximate surface area is 132 Å². The molecule has 0 bridgehead atoms. The molecule has 0 radical (unpaired) electrons. The van der Waals surface area contributed by atoms with Crippen molar-refractivity contribution in [2.75, 3.05) is 40.6 Å². The van der Waals surface area contributed by atoms with Crippen LogP contribution in [0.25, 0.3) is 0 Å². The minimum absolute atomic E-state index is 0.0819. The van der Waals surface area contributed by atoms with Crippen LogP contribution < -0.4 is 9.47 Å². The van der Waals surface area contributed by atoms with Gasteiger partial charge in [0.15, 0.2) is 11.5 Å². The van der Waals surface area contributed by atoms with Crippen molar-refractivity contribution in [1.82, 2.24) is 0 Å². The van der Waals surface area contributed by atoms with E-state index in [2.05, 4.69) is 0 Å². The Hall–Kier alpha value is -2.39. The topological polar surface area (TPSA) is 117 Å². The molecule has 0 aliphatic rings. The minimum Gasteiger partial charge on any atom is -0.487 e. The van der Waals surface area contributed by atoms with E-state index in [1.165, 1.54) is 21.1 Å². The van der Waals surface area contributed by atoms with E-state index in [4.69, 9.17) is 18.9 Å². The summed E-state index contributed by atoms with van der Waals surface area (Å²) in [4.78, 5) is 21.7. The lowest BCUT2D eigenvalue weighted by atomic mass is 10.1. The highest BCUT2D eigenvalue weighted by Crippen LogP contribution is 2.40. The number of nitrogens with zero attached hydrogens (tertiary/aromatic N) is 1. The van der Waals surface area contributed by atoms with Gasteiger partial charge in [-0.2, -0.15) is 0 Å². The second kappa shape index (κ2) is 8.91. The molecule has 9 heteroatoms. The lowest BCUT2D eigenvalue weighted by molar-refractivity contribution is -0.385. The third-order valence-corrected chi connectivity index (χ3v) is 2.94. The highest BCUT2D eigenvalue weighted by atomic mass is 16.6. The van der Waals surface area contributed by atoms with Crippen LogP contribution in [0.1, 0.15) is 15.9 Å². The summed E-state index contributed by atoms with van der Waals surface area (Å²) in [5.74, 6) is -1.19. The zero-order valence-electron chi connectivity index (χ0n) is 13.2. The van der Waals surface area contributed by atoms with E-state index >= 15 is 0 Å². The van der Waals surface area contributed by atoms with Gasteiger partial charge >= 0.3 is 5.97 Å². The molecular formula is C14H19NO8. The number of nitro groups is 1. The van der Waals surface area contributed by atoms with Crippen molar-refractivity contribution in [1.29, 1.82) is 0 Å². The van der Waals surface area contributed by atoms with Crippen molar-refractivity contribution in [3.8, 4) is 11.5 Å². The number of hydrogen-bond acceptors (Lipinski definition) is 7. The maximum absolute atomic E-state index is 11.3. The molecule has 1 aromatic carbocycles. The Balaban J connectivity index is 3.32. The second-order valence-corrected chi connectivity index (χ2v) is 4.47. The van der Waals surface area contributed by atoms with Gasteiger partial charge in [-0.25, -0.2) is 4.79 Å². The fourth-order valence-corrected chi connectivity index (χ4v) is 1.91. The monoisotopic (exact) mass is 329 g/mol. The van der Waals surface area contributed by atoms with Crippen molar-refractivity contribution >= 4 is 11.7 Å². The van der Waals surface area contributed by atoms with E-state index in [1.807, 2.05) is 0 Å². The number of ether oxygens (including phenoxy) is 4. The molecule has 0 saturated heterocycles. The van der Waals surface area contributed by atoms with Crippen LogP contribution in [0.2, 0.25) is 0 Å². The lowest BCUT2D eigenvalue weighted by Gasteiger charge is -2.16. The molecule has 0 atom stereocenters. The normalized spacial score (nSPS) is 10.4. The van der Waals surface area contributed by atoms with Crippen LogP contribution in [-0.2, 0) is 9.47 Å². The molecule has 0 aliphatic heterocycles. The average molecular weight is 329 g/mol. The highest BCUT2D eigenvalue weighted by Gasteiger charge is 2.29. The number of nitro benzene ring substituents is 1. The number of hydrogen-bond donors (Lipinski definition) is 1. The summed E-state index contributed by atoms with van der Waals surface area (Å²) in [6.07, 6.45) is 0. The predicted octanol–water partition coefficient (Wildman–Crippen LogP) is 1.65. The Bertz CT molecular complexity index is 572. The van der Waals surface area contributed by atoms with E-state index in [9.17, 15) is 20.0 Å². The molecule has 1 N–H and O–H groups in total. The Morgan fingerprint density at radius 3 is 2.22 bits per heavy atom. The maximum atomic E-state index is 11.3. The van der Waals surface area contributed by atoms with Crippen molar-refractivity contribution in [3.05, 3.63) is 27.3 Å². The van der Waals surface area contributed by atoms with Gasteiger partial charge in [0.25, 0.3) is 5.69 Å². The average Bonchev–Trinajstić information content (AvgIpc) is 2.49. The first-order chi connectivity index (χ1) is 10.9. The molecule has 0 fully saturated rings. The molecular weight excluding hydrogens is 310 g/mol. The largest absolute Gasteiger partial charge is 0.487 e. The number of carbonyl (C=O) groups is 1. The quantitative estimate of drug-likeness (QED) is 0.391. The zero-order chi connectivity index (χ0) is 17.4. The van der Waals surface area contributed by atoms with Crippen LogP contribution >= 0.6 is 0 Å². The van der Waals surface area contributed by atoms with Gasteiger partial charge in [-0.15, -0.1) is 0 Å². The zero-order valence-corrected chi connectivity index (χ0v) is 13.2. The van der Waals surface area contributed by atoms with Gasteiger partial charge < -0.3 is 24.1 Å². The van der Waals surface area contributed by atoms with Crippen LogP contribution in [-0.4, -0.2) is 56.6 Å². The Morgan fingerprint density at radius 2 is 1.74 bits per heavy atom. The first-order valence-corrected chi connectivity index (χ1v) is 6.72. The SMILES string of the molecule is COCCOc1cc(C(=O)O)c([N+](=O)[O-])c(C)c1OCCOC. The summed E-state index contributed by atoms with van der Waals surface area (Å²) in [7, 11) is 2.98. The molecule has 23 heavy (non-hydrogen) atoms. The molecule has 0 aliphatic carbocycles.